The van der Waals surface area contributed by atoms with E-state index in [0.29, 0.717) is 10.6 Å². The summed E-state index contributed by atoms with van der Waals surface area (Å²) in [4.78, 5) is 0. The topological polar surface area (TPSA) is 12.0 Å². The smallest absolute Gasteiger partial charge is 0.129 e. The van der Waals surface area contributed by atoms with E-state index in [2.05, 4.69) is 37.2 Å². The molecule has 0 fully saturated rings. The van der Waals surface area contributed by atoms with Gasteiger partial charge in [0.1, 0.15) is 5.82 Å². The number of hydrogen-bond acceptors (Lipinski definition) is 1. The fraction of sp³-hybridized carbons (Fsp3) is 0.143. The van der Waals surface area contributed by atoms with Gasteiger partial charge in [-0.2, -0.15) is 0 Å². The van der Waals surface area contributed by atoms with Crippen molar-refractivity contribution < 1.29 is 4.39 Å². The lowest BCUT2D eigenvalue weighted by Gasteiger charge is -2.19. The standard InChI is InChI=1S/C14H11Br2ClFN/c1-19-14(8-4-9(15)6-10(16)5-8)12-3-2-11(17)7-13(12)18/h2-7,14,19H,1H3. The summed E-state index contributed by atoms with van der Waals surface area (Å²) >= 11 is 12.7. The molecule has 5 heteroatoms. The first kappa shape index (κ1) is 15.0. The summed E-state index contributed by atoms with van der Waals surface area (Å²) in [7, 11) is 1.80. The van der Waals surface area contributed by atoms with Crippen molar-refractivity contribution in [2.24, 2.45) is 0 Å². The number of nitrogens with one attached hydrogen (secondary N) is 1. The van der Waals surface area contributed by atoms with E-state index in [1.807, 2.05) is 18.2 Å². The Kier molecular flexibility index (Phi) is 5.01. The molecule has 2 aromatic carbocycles. The highest BCUT2D eigenvalue weighted by Gasteiger charge is 2.17. The van der Waals surface area contributed by atoms with E-state index >= 15 is 0 Å². The molecular weight excluding hydrogens is 396 g/mol. The summed E-state index contributed by atoms with van der Waals surface area (Å²) in [5, 5.41) is 3.52. The van der Waals surface area contributed by atoms with Crippen molar-refractivity contribution in [3.63, 3.8) is 0 Å². The molecule has 1 nitrogen and oxygen atoms in total. The minimum absolute atomic E-state index is 0.230. The van der Waals surface area contributed by atoms with Crippen LogP contribution in [0.4, 0.5) is 4.39 Å². The first-order valence-corrected chi connectivity index (χ1v) is 7.56. The molecule has 1 unspecified atom stereocenters. The maximum absolute atomic E-state index is 14.0. The van der Waals surface area contributed by atoms with Crippen LogP contribution in [0.1, 0.15) is 17.2 Å². The molecule has 0 heterocycles. The van der Waals surface area contributed by atoms with Gasteiger partial charge < -0.3 is 5.32 Å². The largest absolute Gasteiger partial charge is 0.309 e. The van der Waals surface area contributed by atoms with Gasteiger partial charge in [0, 0.05) is 19.5 Å². The van der Waals surface area contributed by atoms with E-state index in [0.717, 1.165) is 14.5 Å². The van der Waals surface area contributed by atoms with E-state index in [1.165, 1.54) is 6.07 Å². The zero-order valence-electron chi connectivity index (χ0n) is 10.1. The first-order valence-electron chi connectivity index (χ1n) is 5.59. The summed E-state index contributed by atoms with van der Waals surface area (Å²) in [6.45, 7) is 0. The second-order valence-electron chi connectivity index (χ2n) is 4.09. The zero-order valence-corrected chi connectivity index (χ0v) is 14.0. The average Bonchev–Trinajstić information content (AvgIpc) is 2.31. The van der Waals surface area contributed by atoms with Gasteiger partial charge in [0.05, 0.1) is 6.04 Å². The van der Waals surface area contributed by atoms with Crippen LogP contribution in [0, 0.1) is 5.82 Å². The van der Waals surface area contributed by atoms with Crippen molar-refractivity contribution in [3.05, 3.63) is 67.3 Å². The predicted molar refractivity (Wildman–Crippen MR) is 84.2 cm³/mol. The van der Waals surface area contributed by atoms with E-state index in [1.54, 1.807) is 19.2 Å². The molecule has 0 saturated heterocycles. The van der Waals surface area contributed by atoms with Crippen molar-refractivity contribution in [3.8, 4) is 0 Å². The predicted octanol–water partition coefficient (Wildman–Crippen LogP) is 5.31. The van der Waals surface area contributed by atoms with Gasteiger partial charge >= 0.3 is 0 Å². The Balaban J connectivity index is 2.49. The molecule has 0 radical (unpaired) electrons. The third-order valence-corrected chi connectivity index (χ3v) is 3.93. The molecule has 0 bridgehead atoms. The highest BCUT2D eigenvalue weighted by atomic mass is 79.9. The summed E-state index contributed by atoms with van der Waals surface area (Å²) in [6.07, 6.45) is 0. The molecule has 100 valence electrons. The lowest BCUT2D eigenvalue weighted by atomic mass is 9.98. The third kappa shape index (κ3) is 3.57. The average molecular weight is 408 g/mol. The number of rotatable bonds is 3. The quantitative estimate of drug-likeness (QED) is 0.727. The molecule has 0 aliphatic rings. The fourth-order valence-electron chi connectivity index (χ4n) is 1.98. The first-order chi connectivity index (χ1) is 9.01. The molecule has 0 saturated carbocycles. The molecule has 2 aromatic rings. The minimum Gasteiger partial charge on any atom is -0.309 e. The van der Waals surface area contributed by atoms with Gasteiger partial charge in [0.15, 0.2) is 0 Å². The van der Waals surface area contributed by atoms with Gasteiger partial charge in [-0.3, -0.25) is 0 Å². The Morgan fingerprint density at radius 2 is 1.74 bits per heavy atom. The van der Waals surface area contributed by atoms with Crippen LogP contribution in [0.2, 0.25) is 5.02 Å². The lowest BCUT2D eigenvalue weighted by molar-refractivity contribution is 0.576. The number of benzene rings is 2. The van der Waals surface area contributed by atoms with Crippen molar-refractivity contribution in [2.75, 3.05) is 7.05 Å². The second kappa shape index (κ2) is 6.35. The van der Waals surface area contributed by atoms with Crippen LogP contribution in [0.5, 0.6) is 0 Å². The Labute approximate surface area is 133 Å². The molecule has 0 amide bonds. The highest BCUT2D eigenvalue weighted by Crippen LogP contribution is 2.30. The van der Waals surface area contributed by atoms with E-state index in [-0.39, 0.29) is 11.9 Å². The Hall–Kier alpha value is -0.420. The fourth-order valence-corrected chi connectivity index (χ4v) is 3.47. The monoisotopic (exact) mass is 405 g/mol. The van der Waals surface area contributed by atoms with Gasteiger partial charge in [-0.25, -0.2) is 4.39 Å². The van der Waals surface area contributed by atoms with Crippen molar-refractivity contribution in [2.45, 2.75) is 6.04 Å². The summed E-state index contributed by atoms with van der Waals surface area (Å²) in [5.74, 6) is -0.317. The molecule has 0 aliphatic heterocycles. The van der Waals surface area contributed by atoms with Crippen LogP contribution < -0.4 is 5.32 Å². The normalized spacial score (nSPS) is 12.5. The highest BCUT2D eigenvalue weighted by molar-refractivity contribution is 9.11. The summed E-state index contributed by atoms with van der Waals surface area (Å²) in [5.41, 5.74) is 1.53. The minimum atomic E-state index is -0.317. The molecule has 1 N–H and O–H groups in total. The van der Waals surface area contributed by atoms with Crippen LogP contribution in [0.25, 0.3) is 0 Å². The third-order valence-electron chi connectivity index (χ3n) is 2.78. The van der Waals surface area contributed by atoms with Gasteiger partial charge in [-0.1, -0.05) is 49.5 Å². The van der Waals surface area contributed by atoms with E-state index < -0.39 is 0 Å². The molecule has 0 spiro atoms. The van der Waals surface area contributed by atoms with Gasteiger partial charge in [-0.05, 0) is 42.9 Å². The number of hydrogen-bond donors (Lipinski definition) is 1. The zero-order chi connectivity index (χ0) is 14.0. The molecular formula is C14H11Br2ClFN. The molecule has 2 rings (SSSR count). The van der Waals surface area contributed by atoms with Crippen molar-refractivity contribution >= 4 is 43.5 Å². The molecule has 0 aromatic heterocycles. The van der Waals surface area contributed by atoms with Gasteiger partial charge in [0.2, 0.25) is 0 Å². The number of halogens is 4. The maximum atomic E-state index is 14.0. The maximum Gasteiger partial charge on any atom is 0.129 e. The van der Waals surface area contributed by atoms with Crippen molar-refractivity contribution in [1.29, 1.82) is 0 Å². The van der Waals surface area contributed by atoms with Crippen LogP contribution in [-0.2, 0) is 0 Å². The Morgan fingerprint density at radius 3 is 2.26 bits per heavy atom. The Morgan fingerprint density at radius 1 is 1.11 bits per heavy atom. The van der Waals surface area contributed by atoms with Crippen molar-refractivity contribution in [1.82, 2.24) is 5.32 Å². The molecule has 1 atom stereocenters. The second-order valence-corrected chi connectivity index (χ2v) is 6.36. The summed E-state index contributed by atoms with van der Waals surface area (Å²) < 4.78 is 15.9. The van der Waals surface area contributed by atoms with Gasteiger partial charge in [-0.15, -0.1) is 0 Å². The van der Waals surface area contributed by atoms with E-state index in [9.17, 15) is 4.39 Å². The summed E-state index contributed by atoms with van der Waals surface area (Å²) in [6, 6.07) is 10.3. The van der Waals surface area contributed by atoms with E-state index in [4.69, 9.17) is 11.6 Å². The lowest BCUT2D eigenvalue weighted by Crippen LogP contribution is -2.19. The Bertz CT molecular complexity index is 584. The molecule has 0 aliphatic carbocycles. The van der Waals surface area contributed by atoms with Crippen LogP contribution in [0.15, 0.2) is 45.3 Å². The van der Waals surface area contributed by atoms with Crippen LogP contribution >= 0.6 is 43.5 Å². The molecule has 19 heavy (non-hydrogen) atoms. The van der Waals surface area contributed by atoms with Gasteiger partial charge in [0.25, 0.3) is 0 Å². The van der Waals surface area contributed by atoms with Crippen LogP contribution in [-0.4, -0.2) is 7.05 Å². The van der Waals surface area contributed by atoms with Crippen LogP contribution in [0.3, 0.4) is 0 Å². The SMILES string of the molecule is CNC(c1cc(Br)cc(Br)c1)c1ccc(Cl)cc1F.